The van der Waals surface area contributed by atoms with Gasteiger partial charge in [0, 0.05) is 22.8 Å². The van der Waals surface area contributed by atoms with Crippen LogP contribution < -0.4 is 5.32 Å². The van der Waals surface area contributed by atoms with E-state index in [1.807, 2.05) is 68.6 Å². The van der Waals surface area contributed by atoms with Crippen LogP contribution in [0.5, 0.6) is 0 Å². The SMILES string of the molecule is Cc1ccc(C)c(NC(=O)c2csc(-c3cnn(-c4ccccc4)c3)n2)c1. The van der Waals surface area contributed by atoms with E-state index in [0.29, 0.717) is 5.69 Å². The summed E-state index contributed by atoms with van der Waals surface area (Å²) in [4.78, 5) is 17.0. The molecule has 27 heavy (non-hydrogen) atoms. The maximum Gasteiger partial charge on any atom is 0.275 e. The number of amides is 1. The average molecular weight is 374 g/mol. The summed E-state index contributed by atoms with van der Waals surface area (Å²) in [5.74, 6) is -0.207. The number of hydrogen-bond acceptors (Lipinski definition) is 4. The summed E-state index contributed by atoms with van der Waals surface area (Å²) in [5, 5.41) is 9.88. The van der Waals surface area contributed by atoms with Gasteiger partial charge in [0.15, 0.2) is 0 Å². The second-order valence-corrected chi connectivity index (χ2v) is 7.18. The molecule has 0 bridgehead atoms. The lowest BCUT2D eigenvalue weighted by molar-refractivity contribution is 0.102. The Morgan fingerprint density at radius 1 is 1.11 bits per heavy atom. The Hall–Kier alpha value is -3.25. The molecule has 1 amide bonds. The molecule has 2 heterocycles. The summed E-state index contributed by atoms with van der Waals surface area (Å²) < 4.78 is 1.80. The molecule has 6 heteroatoms. The highest BCUT2D eigenvalue weighted by Crippen LogP contribution is 2.25. The topological polar surface area (TPSA) is 59.8 Å². The predicted octanol–water partition coefficient (Wildman–Crippen LogP) is 4.86. The molecular weight excluding hydrogens is 356 g/mol. The minimum atomic E-state index is -0.207. The van der Waals surface area contributed by atoms with Crippen LogP contribution in [0.15, 0.2) is 66.3 Å². The molecule has 0 aliphatic rings. The summed E-state index contributed by atoms with van der Waals surface area (Å²) >= 11 is 1.43. The van der Waals surface area contributed by atoms with Crippen LogP contribution in [0.4, 0.5) is 5.69 Å². The fraction of sp³-hybridized carbons (Fsp3) is 0.0952. The van der Waals surface area contributed by atoms with Crippen LogP contribution in [-0.2, 0) is 0 Å². The first-order chi connectivity index (χ1) is 13.1. The molecule has 5 nitrogen and oxygen atoms in total. The lowest BCUT2D eigenvalue weighted by Gasteiger charge is -2.07. The molecule has 0 unspecified atom stereocenters. The first kappa shape index (κ1) is 17.2. The first-order valence-corrected chi connectivity index (χ1v) is 9.43. The fourth-order valence-corrected chi connectivity index (χ4v) is 3.50. The van der Waals surface area contributed by atoms with Crippen LogP contribution >= 0.6 is 11.3 Å². The molecule has 2 aromatic heterocycles. The van der Waals surface area contributed by atoms with Crippen molar-refractivity contribution in [2.45, 2.75) is 13.8 Å². The number of thiazole rings is 1. The molecule has 0 aliphatic heterocycles. The third-order valence-electron chi connectivity index (χ3n) is 4.23. The Morgan fingerprint density at radius 2 is 1.93 bits per heavy atom. The van der Waals surface area contributed by atoms with Gasteiger partial charge >= 0.3 is 0 Å². The number of rotatable bonds is 4. The molecule has 0 spiro atoms. The van der Waals surface area contributed by atoms with E-state index in [-0.39, 0.29) is 5.91 Å². The summed E-state index contributed by atoms with van der Waals surface area (Å²) in [6.45, 7) is 3.97. The van der Waals surface area contributed by atoms with E-state index in [4.69, 9.17) is 0 Å². The molecule has 4 rings (SSSR count). The monoisotopic (exact) mass is 374 g/mol. The third-order valence-corrected chi connectivity index (χ3v) is 5.12. The number of anilines is 1. The first-order valence-electron chi connectivity index (χ1n) is 8.55. The van der Waals surface area contributed by atoms with Crippen LogP contribution in [-0.4, -0.2) is 20.7 Å². The van der Waals surface area contributed by atoms with E-state index < -0.39 is 0 Å². The van der Waals surface area contributed by atoms with Crippen molar-refractivity contribution < 1.29 is 4.79 Å². The molecular formula is C21H18N4OS. The summed E-state index contributed by atoms with van der Waals surface area (Å²) in [7, 11) is 0. The van der Waals surface area contributed by atoms with Gasteiger partial charge in [0.05, 0.1) is 11.9 Å². The Balaban J connectivity index is 1.54. The molecule has 0 fully saturated rings. The van der Waals surface area contributed by atoms with Crippen molar-refractivity contribution >= 4 is 22.9 Å². The molecule has 134 valence electrons. The Bertz CT molecular complexity index is 1100. The van der Waals surface area contributed by atoms with E-state index in [1.165, 1.54) is 11.3 Å². The fourth-order valence-electron chi connectivity index (χ4n) is 2.72. The maximum absolute atomic E-state index is 12.6. The van der Waals surface area contributed by atoms with E-state index in [1.54, 1.807) is 16.3 Å². The smallest absolute Gasteiger partial charge is 0.275 e. The lowest BCUT2D eigenvalue weighted by atomic mass is 10.1. The molecule has 0 saturated heterocycles. The number of hydrogen-bond donors (Lipinski definition) is 1. The molecule has 0 saturated carbocycles. The molecule has 0 radical (unpaired) electrons. The number of carbonyl (C=O) groups excluding carboxylic acids is 1. The molecule has 4 aromatic rings. The summed E-state index contributed by atoms with van der Waals surface area (Å²) in [6.07, 6.45) is 3.68. The van der Waals surface area contributed by atoms with Gasteiger partial charge in [-0.2, -0.15) is 5.10 Å². The normalized spacial score (nSPS) is 10.7. The Labute approximate surface area is 161 Å². The van der Waals surface area contributed by atoms with Gasteiger partial charge in [-0.1, -0.05) is 30.3 Å². The minimum Gasteiger partial charge on any atom is -0.320 e. The van der Waals surface area contributed by atoms with E-state index in [2.05, 4.69) is 15.4 Å². The van der Waals surface area contributed by atoms with Gasteiger partial charge in [0.2, 0.25) is 0 Å². The van der Waals surface area contributed by atoms with Crippen molar-refractivity contribution in [3.05, 3.63) is 83.1 Å². The van der Waals surface area contributed by atoms with Gasteiger partial charge in [0.1, 0.15) is 10.7 Å². The Kier molecular flexibility index (Phi) is 4.56. The number of para-hydroxylation sites is 1. The zero-order valence-electron chi connectivity index (χ0n) is 15.0. The van der Waals surface area contributed by atoms with Gasteiger partial charge in [-0.15, -0.1) is 11.3 Å². The van der Waals surface area contributed by atoms with Crippen LogP contribution in [0.1, 0.15) is 21.6 Å². The molecule has 2 aromatic carbocycles. The standard InChI is InChI=1S/C21H18N4OS/c1-14-8-9-15(2)18(10-14)23-20(26)19-13-27-21(24-19)16-11-22-25(12-16)17-6-4-3-5-7-17/h3-13H,1-2H3,(H,23,26). The number of aryl methyl sites for hydroxylation is 2. The van der Waals surface area contributed by atoms with Gasteiger partial charge in [-0.25, -0.2) is 9.67 Å². The van der Waals surface area contributed by atoms with Crippen molar-refractivity contribution in [3.8, 4) is 16.3 Å². The maximum atomic E-state index is 12.6. The van der Waals surface area contributed by atoms with Gasteiger partial charge in [0.25, 0.3) is 5.91 Å². The zero-order valence-corrected chi connectivity index (χ0v) is 15.8. The summed E-state index contributed by atoms with van der Waals surface area (Å²) in [6, 6.07) is 15.9. The van der Waals surface area contributed by atoms with Crippen LogP contribution in [0.3, 0.4) is 0 Å². The number of aromatic nitrogens is 3. The number of nitrogens with one attached hydrogen (secondary N) is 1. The van der Waals surface area contributed by atoms with Crippen molar-refractivity contribution in [1.29, 1.82) is 0 Å². The van der Waals surface area contributed by atoms with Crippen LogP contribution in [0.25, 0.3) is 16.3 Å². The minimum absolute atomic E-state index is 0.207. The quantitative estimate of drug-likeness (QED) is 0.555. The molecule has 1 N–H and O–H groups in total. The number of nitrogens with zero attached hydrogens (tertiary/aromatic N) is 3. The second-order valence-electron chi connectivity index (χ2n) is 6.32. The number of benzene rings is 2. The van der Waals surface area contributed by atoms with Crippen LogP contribution in [0, 0.1) is 13.8 Å². The number of carbonyl (C=O) groups is 1. The van der Waals surface area contributed by atoms with Crippen molar-refractivity contribution in [1.82, 2.24) is 14.8 Å². The van der Waals surface area contributed by atoms with Crippen molar-refractivity contribution in [2.24, 2.45) is 0 Å². The summed E-state index contributed by atoms with van der Waals surface area (Å²) in [5.41, 5.74) is 5.20. The van der Waals surface area contributed by atoms with Crippen molar-refractivity contribution in [2.75, 3.05) is 5.32 Å². The highest BCUT2D eigenvalue weighted by Gasteiger charge is 2.14. The van der Waals surface area contributed by atoms with Gasteiger partial charge in [-0.3, -0.25) is 4.79 Å². The highest BCUT2D eigenvalue weighted by molar-refractivity contribution is 7.13. The van der Waals surface area contributed by atoms with Crippen LogP contribution in [0.2, 0.25) is 0 Å². The molecule has 0 atom stereocenters. The average Bonchev–Trinajstić information content (AvgIpc) is 3.35. The van der Waals surface area contributed by atoms with E-state index in [0.717, 1.165) is 33.1 Å². The molecule has 0 aliphatic carbocycles. The van der Waals surface area contributed by atoms with Crippen molar-refractivity contribution in [3.63, 3.8) is 0 Å². The highest BCUT2D eigenvalue weighted by atomic mass is 32.1. The second kappa shape index (κ2) is 7.17. The third kappa shape index (κ3) is 3.66. The van der Waals surface area contributed by atoms with E-state index in [9.17, 15) is 4.79 Å². The Morgan fingerprint density at radius 3 is 2.74 bits per heavy atom. The zero-order chi connectivity index (χ0) is 18.8. The van der Waals surface area contributed by atoms with Gasteiger partial charge < -0.3 is 5.32 Å². The van der Waals surface area contributed by atoms with E-state index >= 15 is 0 Å². The predicted molar refractivity (Wildman–Crippen MR) is 109 cm³/mol. The largest absolute Gasteiger partial charge is 0.320 e. The van der Waals surface area contributed by atoms with Gasteiger partial charge in [-0.05, 0) is 43.2 Å². The lowest BCUT2D eigenvalue weighted by Crippen LogP contribution is -2.13.